The van der Waals surface area contributed by atoms with E-state index in [1.54, 1.807) is 7.41 Å². The highest BCUT2D eigenvalue weighted by Gasteiger charge is 2.39. The molecule has 53 valence electrons. The van der Waals surface area contributed by atoms with Gasteiger partial charge in [-0.2, -0.15) is 0 Å². The Hall–Kier alpha value is -0.345. The summed E-state index contributed by atoms with van der Waals surface area (Å²) in [5.74, 6) is 0. The minimum Gasteiger partial charge on any atom is -0.335 e. The highest BCUT2D eigenvalue weighted by molar-refractivity contribution is 6.64. The maximum absolute atomic E-state index is 10.1. The Morgan fingerprint density at radius 1 is 1.70 bits per heavy atom. The second-order valence-corrected chi connectivity index (χ2v) is 2.89. The third-order valence-electron chi connectivity index (χ3n) is 2.43. The molecule has 0 amide bonds. The van der Waals surface area contributed by atoms with Crippen LogP contribution in [0.25, 0.3) is 0 Å². The van der Waals surface area contributed by atoms with E-state index in [4.69, 9.17) is 0 Å². The van der Waals surface area contributed by atoms with E-state index in [2.05, 4.69) is 10.1 Å². The fourth-order valence-corrected chi connectivity index (χ4v) is 1.75. The van der Waals surface area contributed by atoms with E-state index in [-0.39, 0.29) is 0 Å². The zero-order valence-electron chi connectivity index (χ0n) is 5.79. The number of hydrogen-bond acceptors (Lipinski definition) is 3. The molecule has 2 rings (SSSR count). The lowest BCUT2D eigenvalue weighted by atomic mass is 9.90. The van der Waals surface area contributed by atoms with Gasteiger partial charge in [0.15, 0.2) is 0 Å². The minimum absolute atomic E-state index is 0.616. The first-order valence-electron chi connectivity index (χ1n) is 3.69. The van der Waals surface area contributed by atoms with Gasteiger partial charge in [-0.1, -0.05) is 0 Å². The zero-order valence-corrected chi connectivity index (χ0v) is 5.79. The van der Waals surface area contributed by atoms with Gasteiger partial charge in [-0.3, -0.25) is 0 Å². The first-order valence-corrected chi connectivity index (χ1v) is 3.69. The number of nitrogens with zero attached hydrogens (tertiary/aromatic N) is 1. The largest absolute Gasteiger partial charge is 0.335 e. The predicted octanol–water partition coefficient (Wildman–Crippen LogP) is -1.16. The first kappa shape index (κ1) is 6.37. The van der Waals surface area contributed by atoms with Crippen LogP contribution in [0.2, 0.25) is 0 Å². The summed E-state index contributed by atoms with van der Waals surface area (Å²) in [7, 11) is 1.66. The molecule has 1 N–H and O–H groups in total. The summed E-state index contributed by atoms with van der Waals surface area (Å²) in [5, 5.41) is 3.32. The summed E-state index contributed by atoms with van der Waals surface area (Å²) in [6.07, 6.45) is 2.07. The number of fused-ring (bicyclic) bond motifs is 1. The Morgan fingerprint density at radius 2 is 2.60 bits per heavy atom. The monoisotopic (exact) mass is 137 g/mol. The molecule has 3 nitrogen and oxygen atoms in total. The fraction of sp³-hybridized carbons (Fsp3) is 0.833. The normalized spacial score (nSPS) is 38.4. The molecule has 0 aromatic heterocycles. The lowest BCUT2D eigenvalue weighted by Crippen LogP contribution is -2.60. The summed E-state index contributed by atoms with van der Waals surface area (Å²) < 4.78 is 0. The van der Waals surface area contributed by atoms with Crippen molar-refractivity contribution in [1.82, 2.24) is 10.1 Å². The SMILES string of the molecule is O=C[B]N1CC[C@H]2NC[C@H]21. The van der Waals surface area contributed by atoms with Crippen molar-refractivity contribution >= 4 is 13.6 Å². The van der Waals surface area contributed by atoms with Gasteiger partial charge >= 0.3 is 0 Å². The number of carbonyl (C=O) groups is 1. The van der Waals surface area contributed by atoms with Crippen LogP contribution < -0.4 is 5.32 Å². The van der Waals surface area contributed by atoms with E-state index < -0.39 is 0 Å². The number of nitrogens with one attached hydrogen (secondary N) is 1. The molecule has 4 heteroatoms. The van der Waals surface area contributed by atoms with Gasteiger partial charge in [0.1, 0.15) is 0 Å². The molecule has 2 aliphatic heterocycles. The topological polar surface area (TPSA) is 32.3 Å². The van der Waals surface area contributed by atoms with Gasteiger partial charge in [0.2, 0.25) is 0 Å². The highest BCUT2D eigenvalue weighted by Crippen LogP contribution is 2.21. The van der Waals surface area contributed by atoms with Crippen LogP contribution >= 0.6 is 0 Å². The van der Waals surface area contributed by atoms with Gasteiger partial charge in [0, 0.05) is 18.6 Å². The Balaban J connectivity index is 1.92. The quantitative estimate of drug-likeness (QED) is 0.385. The van der Waals surface area contributed by atoms with Gasteiger partial charge < -0.3 is 14.9 Å². The number of rotatable bonds is 2. The molecule has 2 fully saturated rings. The van der Waals surface area contributed by atoms with Gasteiger partial charge in [-0.05, 0) is 13.0 Å². The highest BCUT2D eigenvalue weighted by atomic mass is 16.1. The van der Waals surface area contributed by atoms with E-state index >= 15 is 0 Å². The lowest BCUT2D eigenvalue weighted by molar-refractivity contribution is 0.258. The molecule has 0 spiro atoms. The van der Waals surface area contributed by atoms with Crippen LogP contribution in [0.3, 0.4) is 0 Å². The van der Waals surface area contributed by atoms with Gasteiger partial charge in [0.25, 0.3) is 7.41 Å². The molecule has 2 heterocycles. The molecule has 2 atom stereocenters. The van der Waals surface area contributed by atoms with Crippen molar-refractivity contribution < 1.29 is 4.79 Å². The van der Waals surface area contributed by atoms with Crippen molar-refractivity contribution in [3.05, 3.63) is 0 Å². The van der Waals surface area contributed by atoms with Crippen molar-refractivity contribution in [2.24, 2.45) is 0 Å². The summed E-state index contributed by atoms with van der Waals surface area (Å²) in [6.45, 7) is 2.09. The first-order chi connectivity index (χ1) is 4.92. The lowest BCUT2D eigenvalue weighted by Gasteiger charge is -2.36. The fourth-order valence-electron chi connectivity index (χ4n) is 1.75. The third kappa shape index (κ3) is 0.795. The van der Waals surface area contributed by atoms with Crippen LogP contribution in [-0.4, -0.2) is 43.6 Å². The molecule has 10 heavy (non-hydrogen) atoms. The van der Waals surface area contributed by atoms with Gasteiger partial charge in [-0.15, -0.1) is 0 Å². The molecule has 2 saturated heterocycles. The summed E-state index contributed by atoms with van der Waals surface area (Å²) in [5.41, 5.74) is 0. The average Bonchev–Trinajstić information content (AvgIpc) is 2.08. The van der Waals surface area contributed by atoms with Crippen molar-refractivity contribution in [2.75, 3.05) is 13.1 Å². The summed E-state index contributed by atoms with van der Waals surface area (Å²) in [6, 6.07) is 1.28. The van der Waals surface area contributed by atoms with Crippen LogP contribution in [0, 0.1) is 0 Å². The Morgan fingerprint density at radius 3 is 3.10 bits per heavy atom. The summed E-state index contributed by atoms with van der Waals surface area (Å²) in [4.78, 5) is 12.3. The van der Waals surface area contributed by atoms with E-state index in [0.717, 1.165) is 19.3 Å². The smallest absolute Gasteiger partial charge is 0.293 e. The Kier molecular flexibility index (Phi) is 1.50. The van der Waals surface area contributed by atoms with Crippen molar-refractivity contribution in [3.8, 4) is 0 Å². The molecule has 0 aliphatic carbocycles. The average molecular weight is 137 g/mol. The van der Waals surface area contributed by atoms with Crippen molar-refractivity contribution in [3.63, 3.8) is 0 Å². The second kappa shape index (κ2) is 2.36. The molecule has 0 aromatic carbocycles. The molecule has 0 aromatic rings. The van der Waals surface area contributed by atoms with Crippen LogP contribution in [0.15, 0.2) is 0 Å². The molecule has 2 aliphatic rings. The molecule has 0 bridgehead atoms. The van der Waals surface area contributed by atoms with Crippen molar-refractivity contribution in [1.29, 1.82) is 0 Å². The number of carbonyl (C=O) groups excluding carboxylic acids is 1. The standard InChI is InChI=1S/C6H10BN2O/c10-4-7-9-2-1-5-6(9)3-8-5/h4-6,8H,1-3H2/t5-,6-/m1/s1. The van der Waals surface area contributed by atoms with Crippen LogP contribution in [0.4, 0.5) is 0 Å². The van der Waals surface area contributed by atoms with E-state index in [1.807, 2.05) is 0 Å². The minimum atomic E-state index is 0.616. The zero-order chi connectivity index (χ0) is 6.97. The van der Waals surface area contributed by atoms with Gasteiger partial charge in [0.05, 0.1) is 6.19 Å². The Labute approximate surface area is 61.0 Å². The van der Waals surface area contributed by atoms with Crippen molar-refractivity contribution in [2.45, 2.75) is 18.5 Å². The third-order valence-corrected chi connectivity index (χ3v) is 2.43. The number of hydrogen-bond donors (Lipinski definition) is 1. The second-order valence-electron chi connectivity index (χ2n) is 2.89. The van der Waals surface area contributed by atoms with Gasteiger partial charge in [-0.25, -0.2) is 0 Å². The molecule has 0 unspecified atom stereocenters. The molecular formula is C6H10BN2O. The summed E-state index contributed by atoms with van der Waals surface area (Å²) >= 11 is 0. The predicted molar refractivity (Wildman–Crippen MR) is 39.4 cm³/mol. The van der Waals surface area contributed by atoms with E-state index in [9.17, 15) is 4.79 Å². The van der Waals surface area contributed by atoms with Crippen LogP contribution in [0.5, 0.6) is 0 Å². The maximum atomic E-state index is 10.1. The molecule has 0 saturated carbocycles. The van der Waals surface area contributed by atoms with E-state index in [1.165, 1.54) is 6.42 Å². The maximum Gasteiger partial charge on any atom is 0.293 e. The van der Waals surface area contributed by atoms with Crippen LogP contribution in [0.1, 0.15) is 6.42 Å². The van der Waals surface area contributed by atoms with E-state index in [0.29, 0.717) is 12.1 Å². The molecule has 1 radical (unpaired) electrons. The molecular weight excluding hydrogens is 127 g/mol. The van der Waals surface area contributed by atoms with Crippen LogP contribution in [-0.2, 0) is 4.79 Å². The Bertz CT molecular complexity index is 153.